The lowest BCUT2D eigenvalue weighted by Crippen LogP contribution is -2.30. The Balaban J connectivity index is 1.33. The molecule has 8 heteroatoms. The van der Waals surface area contributed by atoms with Crippen LogP contribution < -0.4 is 14.4 Å². The molecule has 0 N–H and O–H groups in total. The lowest BCUT2D eigenvalue weighted by molar-refractivity contribution is -0.116. The molecular weight excluding hydrogens is 400 g/mol. The van der Waals surface area contributed by atoms with Crippen molar-refractivity contribution in [1.29, 1.82) is 0 Å². The third-order valence-corrected chi connectivity index (χ3v) is 6.30. The Kier molecular flexibility index (Phi) is 5.08. The summed E-state index contributed by atoms with van der Waals surface area (Å²) in [6.45, 7) is 4.60. The third kappa shape index (κ3) is 3.41. The summed E-state index contributed by atoms with van der Waals surface area (Å²) in [7, 11) is 0. The van der Waals surface area contributed by atoms with Gasteiger partial charge >= 0.3 is 0 Å². The van der Waals surface area contributed by atoms with E-state index in [0.717, 1.165) is 46.7 Å². The van der Waals surface area contributed by atoms with Crippen molar-refractivity contribution in [3.8, 4) is 22.9 Å². The highest BCUT2D eigenvalue weighted by atomic mass is 32.2. The molecule has 2 aromatic carbocycles. The maximum absolute atomic E-state index is 12.8. The molecule has 2 aliphatic heterocycles. The lowest BCUT2D eigenvalue weighted by Gasteiger charge is -2.19. The third-order valence-electron chi connectivity index (χ3n) is 5.35. The average Bonchev–Trinajstić information content (AvgIpc) is 3.41. The van der Waals surface area contributed by atoms with E-state index in [-0.39, 0.29) is 5.91 Å². The molecule has 0 fully saturated rings. The molecule has 0 aliphatic carbocycles. The van der Waals surface area contributed by atoms with E-state index in [9.17, 15) is 4.79 Å². The topological polar surface area (TPSA) is 69.5 Å². The minimum absolute atomic E-state index is 0.0940. The van der Waals surface area contributed by atoms with Gasteiger partial charge < -0.3 is 18.9 Å². The van der Waals surface area contributed by atoms with Gasteiger partial charge in [0.1, 0.15) is 13.2 Å². The molecule has 1 aromatic heterocycles. The fraction of sp³-hybridized carbons (Fsp3) is 0.318. The van der Waals surface area contributed by atoms with Gasteiger partial charge in [0.2, 0.25) is 5.91 Å². The van der Waals surface area contributed by atoms with Crippen LogP contribution in [-0.4, -0.2) is 46.2 Å². The largest absolute Gasteiger partial charge is 0.486 e. The summed E-state index contributed by atoms with van der Waals surface area (Å²) in [5.74, 6) is 2.65. The smallest absolute Gasteiger partial charge is 0.237 e. The monoisotopic (exact) mass is 422 g/mol. The van der Waals surface area contributed by atoms with Crippen molar-refractivity contribution >= 4 is 23.4 Å². The number of carbonyl (C=O) groups excluding carboxylic acids is 1. The summed E-state index contributed by atoms with van der Waals surface area (Å²) < 4.78 is 13.3. The Morgan fingerprint density at radius 1 is 1.10 bits per heavy atom. The van der Waals surface area contributed by atoms with Crippen molar-refractivity contribution in [2.24, 2.45) is 0 Å². The maximum Gasteiger partial charge on any atom is 0.237 e. The molecule has 3 aromatic rings. The second kappa shape index (κ2) is 8.02. The molecule has 1 amide bonds. The van der Waals surface area contributed by atoms with E-state index >= 15 is 0 Å². The van der Waals surface area contributed by atoms with Gasteiger partial charge in [0, 0.05) is 24.3 Å². The molecule has 0 saturated carbocycles. The molecule has 0 unspecified atom stereocenters. The summed E-state index contributed by atoms with van der Waals surface area (Å²) in [5, 5.41) is 9.48. The van der Waals surface area contributed by atoms with E-state index in [0.29, 0.717) is 25.5 Å². The number of rotatable bonds is 5. The van der Waals surface area contributed by atoms with E-state index < -0.39 is 0 Å². The molecule has 30 heavy (non-hydrogen) atoms. The standard InChI is InChI=1S/C22H22N4O3S/c1-2-25-21(16-7-8-18-19(13-16)29-12-11-28-18)23-24-22(25)30-14-20(27)26-10-9-15-5-3-4-6-17(15)26/h3-8,13H,2,9-12,14H2,1H3. The normalized spacial score (nSPS) is 14.6. The molecule has 3 heterocycles. The van der Waals surface area contributed by atoms with E-state index in [1.165, 1.54) is 17.3 Å². The predicted molar refractivity (Wildman–Crippen MR) is 115 cm³/mol. The zero-order chi connectivity index (χ0) is 20.5. The molecule has 0 spiro atoms. The number of nitrogens with zero attached hydrogens (tertiary/aromatic N) is 4. The summed E-state index contributed by atoms with van der Waals surface area (Å²) in [6, 6.07) is 13.9. The number of carbonyl (C=O) groups is 1. The molecule has 0 bridgehead atoms. The van der Waals surface area contributed by atoms with Crippen LogP contribution in [0.5, 0.6) is 11.5 Å². The molecular formula is C22H22N4O3S. The van der Waals surface area contributed by atoms with Gasteiger partial charge in [0.25, 0.3) is 0 Å². The number of fused-ring (bicyclic) bond motifs is 2. The zero-order valence-electron chi connectivity index (χ0n) is 16.7. The van der Waals surface area contributed by atoms with Gasteiger partial charge in [-0.15, -0.1) is 10.2 Å². The first-order valence-corrected chi connectivity index (χ1v) is 11.1. The number of thioether (sulfide) groups is 1. The molecule has 2 aliphatic rings. The number of benzene rings is 2. The Hall–Kier alpha value is -3.00. The van der Waals surface area contributed by atoms with Crippen LogP contribution in [0.3, 0.4) is 0 Å². The van der Waals surface area contributed by atoms with Gasteiger partial charge in [0.15, 0.2) is 22.5 Å². The van der Waals surface area contributed by atoms with Crippen LogP contribution in [0.1, 0.15) is 12.5 Å². The van der Waals surface area contributed by atoms with E-state index in [4.69, 9.17) is 9.47 Å². The van der Waals surface area contributed by atoms with Crippen LogP contribution >= 0.6 is 11.8 Å². The fourth-order valence-electron chi connectivity index (χ4n) is 3.88. The number of hydrogen-bond acceptors (Lipinski definition) is 6. The van der Waals surface area contributed by atoms with Crippen LogP contribution in [0, 0.1) is 0 Å². The van der Waals surface area contributed by atoms with Crippen LogP contribution in [-0.2, 0) is 17.8 Å². The van der Waals surface area contributed by atoms with Crippen molar-refractivity contribution in [2.45, 2.75) is 25.0 Å². The highest BCUT2D eigenvalue weighted by molar-refractivity contribution is 7.99. The van der Waals surface area contributed by atoms with Crippen LogP contribution in [0.15, 0.2) is 47.6 Å². The number of anilines is 1. The number of amides is 1. The van der Waals surface area contributed by atoms with Gasteiger partial charge in [-0.25, -0.2) is 0 Å². The minimum atomic E-state index is 0.0940. The second-order valence-corrected chi connectivity index (χ2v) is 8.06. The fourth-order valence-corrected chi connectivity index (χ4v) is 4.76. The van der Waals surface area contributed by atoms with Crippen molar-refractivity contribution in [2.75, 3.05) is 30.4 Å². The number of aromatic nitrogens is 3. The number of para-hydroxylation sites is 1. The number of ether oxygens (including phenoxy) is 2. The highest BCUT2D eigenvalue weighted by Gasteiger charge is 2.25. The van der Waals surface area contributed by atoms with Gasteiger partial charge in [-0.05, 0) is 43.2 Å². The molecule has 5 rings (SSSR count). The van der Waals surface area contributed by atoms with Gasteiger partial charge in [0.05, 0.1) is 5.75 Å². The molecule has 0 atom stereocenters. The quantitative estimate of drug-likeness (QED) is 0.587. The molecule has 154 valence electrons. The van der Waals surface area contributed by atoms with Crippen LogP contribution in [0.25, 0.3) is 11.4 Å². The average molecular weight is 423 g/mol. The van der Waals surface area contributed by atoms with Crippen LogP contribution in [0.2, 0.25) is 0 Å². The zero-order valence-corrected chi connectivity index (χ0v) is 17.5. The minimum Gasteiger partial charge on any atom is -0.486 e. The summed E-state index contributed by atoms with van der Waals surface area (Å²) >= 11 is 1.43. The predicted octanol–water partition coefficient (Wildman–Crippen LogP) is 3.42. The SMILES string of the molecule is CCn1c(SCC(=O)N2CCc3ccccc32)nnc1-c1ccc2c(c1)OCCO2. The first-order valence-electron chi connectivity index (χ1n) is 10.1. The van der Waals surface area contributed by atoms with E-state index in [1.807, 2.05) is 52.8 Å². The van der Waals surface area contributed by atoms with Crippen molar-refractivity contribution < 1.29 is 14.3 Å². The van der Waals surface area contributed by atoms with Crippen molar-refractivity contribution in [1.82, 2.24) is 14.8 Å². The summed E-state index contributed by atoms with van der Waals surface area (Å²) in [4.78, 5) is 14.7. The highest BCUT2D eigenvalue weighted by Crippen LogP contribution is 2.35. The molecule has 0 saturated heterocycles. The van der Waals surface area contributed by atoms with Crippen molar-refractivity contribution in [3.63, 3.8) is 0 Å². The Morgan fingerprint density at radius 2 is 1.93 bits per heavy atom. The number of hydrogen-bond donors (Lipinski definition) is 0. The summed E-state index contributed by atoms with van der Waals surface area (Å²) in [5.41, 5.74) is 3.17. The maximum atomic E-state index is 12.8. The van der Waals surface area contributed by atoms with Gasteiger partial charge in [-0.3, -0.25) is 4.79 Å². The Bertz CT molecular complexity index is 1100. The molecule has 7 nitrogen and oxygen atoms in total. The van der Waals surface area contributed by atoms with Gasteiger partial charge in [-0.2, -0.15) is 0 Å². The van der Waals surface area contributed by atoms with E-state index in [2.05, 4.69) is 16.3 Å². The Morgan fingerprint density at radius 3 is 2.80 bits per heavy atom. The Labute approximate surface area is 179 Å². The molecule has 0 radical (unpaired) electrons. The first kappa shape index (κ1) is 19.0. The van der Waals surface area contributed by atoms with Crippen molar-refractivity contribution in [3.05, 3.63) is 48.0 Å². The second-order valence-electron chi connectivity index (χ2n) is 7.12. The van der Waals surface area contributed by atoms with E-state index in [1.54, 1.807) is 0 Å². The lowest BCUT2D eigenvalue weighted by atomic mass is 10.2. The van der Waals surface area contributed by atoms with Crippen LogP contribution in [0.4, 0.5) is 5.69 Å². The van der Waals surface area contributed by atoms with Gasteiger partial charge in [-0.1, -0.05) is 30.0 Å². The summed E-state index contributed by atoms with van der Waals surface area (Å²) in [6.07, 6.45) is 0.909. The first-order chi connectivity index (χ1) is 14.7.